The molecule has 41 heavy (non-hydrogen) atoms. The van der Waals surface area contributed by atoms with E-state index < -0.39 is 19.7 Å². The van der Waals surface area contributed by atoms with Crippen LogP contribution in [0.25, 0.3) is 0 Å². The zero-order chi connectivity index (χ0) is 29.6. The van der Waals surface area contributed by atoms with Crippen LogP contribution < -0.4 is 16.2 Å². The van der Waals surface area contributed by atoms with Gasteiger partial charge in [0.25, 0.3) is 0 Å². The van der Waals surface area contributed by atoms with Crippen molar-refractivity contribution in [2.75, 3.05) is 28.7 Å². The molecule has 1 aliphatic rings. The van der Waals surface area contributed by atoms with E-state index in [0.29, 0.717) is 29.0 Å². The summed E-state index contributed by atoms with van der Waals surface area (Å²) in [5, 5.41) is 12.3. The first-order valence-corrected chi connectivity index (χ1v) is 17.0. The highest BCUT2D eigenvalue weighted by atomic mass is 32.2. The van der Waals surface area contributed by atoms with E-state index in [1.807, 2.05) is 13.8 Å². The molecule has 13 heteroatoms. The van der Waals surface area contributed by atoms with Crippen LogP contribution in [0.4, 0.5) is 17.6 Å². The third-order valence-corrected chi connectivity index (χ3v) is 9.00. The fourth-order valence-corrected chi connectivity index (χ4v) is 5.61. The first-order valence-electron chi connectivity index (χ1n) is 13.3. The Morgan fingerprint density at radius 3 is 1.51 bits per heavy atom. The zero-order valence-corrected chi connectivity index (χ0v) is 25.2. The zero-order valence-electron chi connectivity index (χ0n) is 23.5. The van der Waals surface area contributed by atoms with Crippen molar-refractivity contribution in [3.8, 4) is 0 Å². The molecule has 3 aromatic rings. The second-order valence-electron chi connectivity index (χ2n) is 10.2. The maximum Gasteiger partial charge on any atom is 0.226 e. The van der Waals surface area contributed by atoms with Crippen LogP contribution in [0.15, 0.2) is 74.6 Å². The second-order valence-corrected chi connectivity index (χ2v) is 14.2. The van der Waals surface area contributed by atoms with Gasteiger partial charge in [0.2, 0.25) is 5.95 Å². The Morgan fingerprint density at radius 1 is 0.707 bits per heavy atom. The smallest absolute Gasteiger partial charge is 0.226 e. The van der Waals surface area contributed by atoms with Crippen molar-refractivity contribution in [1.29, 1.82) is 0 Å². The van der Waals surface area contributed by atoms with Crippen molar-refractivity contribution in [2.45, 2.75) is 61.8 Å². The summed E-state index contributed by atoms with van der Waals surface area (Å²) < 4.78 is 47.0. The van der Waals surface area contributed by atoms with Gasteiger partial charge in [-0.2, -0.15) is 20.2 Å². The number of hydrogen-bond acceptors (Lipinski definition) is 11. The van der Waals surface area contributed by atoms with E-state index in [2.05, 4.69) is 36.3 Å². The second kappa shape index (κ2) is 12.8. The minimum Gasteiger partial charge on any atom is -0.351 e. The van der Waals surface area contributed by atoms with Crippen molar-refractivity contribution in [2.24, 2.45) is 10.2 Å². The number of nitrogens with zero attached hydrogens (tertiary/aromatic N) is 4. The third-order valence-electron chi connectivity index (χ3n) is 6.74. The molecule has 0 amide bonds. The predicted octanol–water partition coefficient (Wildman–Crippen LogP) is 4.70. The van der Waals surface area contributed by atoms with Crippen molar-refractivity contribution >= 4 is 48.7 Å². The highest BCUT2D eigenvalue weighted by Crippen LogP contribution is 2.22. The fourth-order valence-electron chi connectivity index (χ4n) is 4.35. The number of nitrogens with one attached hydrogen (secondary N) is 3. The van der Waals surface area contributed by atoms with Gasteiger partial charge in [-0.25, -0.2) is 16.8 Å². The Hall–Kier alpha value is -3.84. The Kier molecular flexibility index (Phi) is 9.38. The molecule has 0 saturated heterocycles. The van der Waals surface area contributed by atoms with E-state index in [4.69, 9.17) is 0 Å². The maximum atomic E-state index is 11.8. The van der Waals surface area contributed by atoms with Gasteiger partial charge >= 0.3 is 0 Å². The molecule has 1 aliphatic carbocycles. The van der Waals surface area contributed by atoms with E-state index in [9.17, 15) is 16.8 Å². The predicted molar refractivity (Wildman–Crippen MR) is 163 cm³/mol. The third kappa shape index (κ3) is 8.57. The van der Waals surface area contributed by atoms with E-state index in [-0.39, 0.29) is 15.8 Å². The number of sulfone groups is 2. The summed E-state index contributed by atoms with van der Waals surface area (Å²) in [6.07, 6.45) is 7.98. The van der Waals surface area contributed by atoms with Crippen molar-refractivity contribution in [1.82, 2.24) is 9.97 Å². The van der Waals surface area contributed by atoms with Crippen LogP contribution in [0.5, 0.6) is 0 Å². The summed E-state index contributed by atoms with van der Waals surface area (Å²) in [6.45, 7) is 3.62. The van der Waals surface area contributed by atoms with E-state index in [0.717, 1.165) is 36.8 Å². The molecule has 1 saturated carbocycles. The molecule has 0 unspecified atom stereocenters. The largest absolute Gasteiger partial charge is 0.351 e. The van der Waals surface area contributed by atoms with Crippen LogP contribution in [0.3, 0.4) is 0 Å². The lowest BCUT2D eigenvalue weighted by molar-refractivity contribution is 0.461. The summed E-state index contributed by atoms with van der Waals surface area (Å²) in [5.41, 5.74) is 8.77. The fraction of sp³-hybridized carbons (Fsp3) is 0.357. The molecule has 11 nitrogen and oxygen atoms in total. The molecule has 0 radical (unpaired) electrons. The molecule has 1 fully saturated rings. The lowest BCUT2D eigenvalue weighted by Gasteiger charge is -2.23. The van der Waals surface area contributed by atoms with Gasteiger partial charge in [0.15, 0.2) is 31.3 Å². The van der Waals surface area contributed by atoms with Gasteiger partial charge in [0, 0.05) is 24.6 Å². The first-order chi connectivity index (χ1) is 19.4. The van der Waals surface area contributed by atoms with Gasteiger partial charge < -0.3 is 5.32 Å². The van der Waals surface area contributed by atoms with Crippen molar-refractivity contribution in [3.63, 3.8) is 0 Å². The van der Waals surface area contributed by atoms with Gasteiger partial charge in [-0.3, -0.25) is 10.9 Å². The Balaban J connectivity index is 1.55. The summed E-state index contributed by atoms with van der Waals surface area (Å²) in [5.74, 6) is 1.33. The van der Waals surface area contributed by atoms with Gasteiger partial charge in [-0.15, -0.1) is 0 Å². The number of benzene rings is 2. The Morgan fingerprint density at radius 2 is 1.12 bits per heavy atom. The standard InChI is InChI=1S/C28H35N7O4S2/c1-19(21-10-14-24(15-11-21)40(3,36)37)32-34-26-18-27(31-28(30-26)29-23-8-6-5-7-9-23)35-33-20(2)22-12-16-25(17-13-22)41(4,38)39/h10-18,23H,5-9H2,1-4H3,(H3,29,30,31,34,35). The van der Waals surface area contributed by atoms with Crippen molar-refractivity contribution < 1.29 is 16.8 Å². The Bertz CT molecular complexity index is 1530. The monoisotopic (exact) mass is 597 g/mol. The lowest BCUT2D eigenvalue weighted by Crippen LogP contribution is -2.23. The number of hydrazone groups is 2. The molecule has 0 aliphatic heterocycles. The van der Waals surface area contributed by atoms with Gasteiger partial charge in [0.05, 0.1) is 21.2 Å². The van der Waals surface area contributed by atoms with Gasteiger partial charge in [-0.05, 0) is 62.1 Å². The molecule has 0 atom stereocenters. The molecule has 0 bridgehead atoms. The van der Waals surface area contributed by atoms with Crippen LogP contribution in [0.1, 0.15) is 57.1 Å². The molecular weight excluding hydrogens is 562 g/mol. The van der Waals surface area contributed by atoms with Crippen LogP contribution >= 0.6 is 0 Å². The van der Waals surface area contributed by atoms with E-state index >= 15 is 0 Å². The highest BCUT2D eigenvalue weighted by molar-refractivity contribution is 7.91. The van der Waals surface area contributed by atoms with Crippen LogP contribution in [-0.2, 0) is 19.7 Å². The quantitative estimate of drug-likeness (QED) is 0.223. The molecule has 1 heterocycles. The normalized spacial score (nSPS) is 15.4. The molecular formula is C28H35N7O4S2. The molecule has 218 valence electrons. The van der Waals surface area contributed by atoms with E-state index in [1.54, 1.807) is 54.6 Å². The topological polar surface area (TPSA) is 155 Å². The summed E-state index contributed by atoms with van der Waals surface area (Å²) in [6, 6.07) is 15.0. The molecule has 0 spiro atoms. The van der Waals surface area contributed by atoms with Crippen molar-refractivity contribution in [3.05, 3.63) is 65.7 Å². The van der Waals surface area contributed by atoms with Crippen LogP contribution in [-0.4, -0.2) is 56.8 Å². The molecule has 1 aromatic heterocycles. The van der Waals surface area contributed by atoms with Crippen LogP contribution in [0, 0.1) is 0 Å². The molecule has 4 rings (SSSR count). The summed E-state index contributed by atoms with van der Waals surface area (Å²) >= 11 is 0. The average molecular weight is 598 g/mol. The van der Waals surface area contributed by atoms with Gasteiger partial charge in [-0.1, -0.05) is 43.5 Å². The van der Waals surface area contributed by atoms with Crippen LogP contribution in [0.2, 0.25) is 0 Å². The number of rotatable bonds is 10. The Labute approximate surface area is 241 Å². The highest BCUT2D eigenvalue weighted by Gasteiger charge is 2.15. The van der Waals surface area contributed by atoms with E-state index in [1.165, 1.54) is 18.9 Å². The first kappa shape index (κ1) is 30.1. The molecule has 2 aromatic carbocycles. The number of hydrogen-bond donors (Lipinski definition) is 3. The maximum absolute atomic E-state index is 11.8. The SMILES string of the molecule is CC(=NNc1cc(NN=C(C)c2ccc(S(C)(=O)=O)cc2)nc(NC2CCCCC2)n1)c1ccc(S(C)(=O)=O)cc1. The minimum atomic E-state index is -3.28. The number of aromatic nitrogens is 2. The van der Waals surface area contributed by atoms with Gasteiger partial charge in [0.1, 0.15) is 0 Å². The minimum absolute atomic E-state index is 0.245. The average Bonchev–Trinajstić information content (AvgIpc) is 2.94. The number of anilines is 3. The molecule has 3 N–H and O–H groups in total. The summed E-state index contributed by atoms with van der Waals surface area (Å²) in [4.78, 5) is 9.67. The summed E-state index contributed by atoms with van der Waals surface area (Å²) in [7, 11) is -6.56. The lowest BCUT2D eigenvalue weighted by atomic mass is 9.96.